The zero-order valence-electron chi connectivity index (χ0n) is 16.8. The van der Waals surface area contributed by atoms with Gasteiger partial charge in [0.15, 0.2) is 0 Å². The Morgan fingerprint density at radius 2 is 1.66 bits per heavy atom. The summed E-state index contributed by atoms with van der Waals surface area (Å²) in [7, 11) is -4.72. The van der Waals surface area contributed by atoms with E-state index in [2.05, 4.69) is 5.32 Å². The summed E-state index contributed by atoms with van der Waals surface area (Å²) in [5, 5.41) is 2.59. The Balaban J connectivity index is 1.66. The number of anilines is 1. The SMILES string of the molecule is O=C(CN1CCCCC1c1ccc(C(F)(F)F)cc1)Nc1ccc(S(=O)(=O)C(F)F)cc1. The van der Waals surface area contributed by atoms with Gasteiger partial charge in [0.2, 0.25) is 15.7 Å². The second-order valence-corrected chi connectivity index (χ2v) is 9.40. The van der Waals surface area contributed by atoms with Crippen LogP contribution in [0.2, 0.25) is 0 Å². The number of rotatable bonds is 6. The van der Waals surface area contributed by atoms with Crippen LogP contribution in [0, 0.1) is 0 Å². The Hall–Kier alpha value is -2.53. The first-order chi connectivity index (χ1) is 15.0. The molecule has 3 rings (SSSR count). The van der Waals surface area contributed by atoms with E-state index in [9.17, 15) is 35.2 Å². The molecular formula is C21H21F5N2O3S. The number of likely N-dealkylation sites (tertiary alicyclic amines) is 1. The number of halogens is 5. The van der Waals surface area contributed by atoms with E-state index in [0.29, 0.717) is 18.5 Å². The van der Waals surface area contributed by atoms with Crippen molar-refractivity contribution in [2.45, 2.75) is 42.1 Å². The third-order valence-electron chi connectivity index (χ3n) is 5.28. The molecule has 1 atom stereocenters. The van der Waals surface area contributed by atoms with Crippen molar-refractivity contribution in [1.29, 1.82) is 0 Å². The molecule has 0 saturated carbocycles. The number of benzene rings is 2. The van der Waals surface area contributed by atoms with Crippen LogP contribution in [0.5, 0.6) is 0 Å². The number of amides is 1. The molecule has 174 valence electrons. The fourth-order valence-electron chi connectivity index (χ4n) is 3.67. The number of alkyl halides is 5. The summed E-state index contributed by atoms with van der Waals surface area (Å²) in [4.78, 5) is 13.8. The maximum absolute atomic E-state index is 12.8. The predicted octanol–water partition coefficient (Wildman–Crippen LogP) is 4.87. The summed E-state index contributed by atoms with van der Waals surface area (Å²) in [5.74, 6) is -3.95. The average molecular weight is 476 g/mol. The quantitative estimate of drug-likeness (QED) is 0.605. The van der Waals surface area contributed by atoms with Crippen LogP contribution in [0.1, 0.15) is 36.4 Å². The zero-order valence-corrected chi connectivity index (χ0v) is 17.6. The van der Waals surface area contributed by atoms with Gasteiger partial charge >= 0.3 is 11.9 Å². The van der Waals surface area contributed by atoms with E-state index in [0.717, 1.165) is 37.1 Å². The van der Waals surface area contributed by atoms with Gasteiger partial charge in [-0.3, -0.25) is 9.69 Å². The molecular weight excluding hydrogens is 455 g/mol. The van der Waals surface area contributed by atoms with Crippen LogP contribution in [0.15, 0.2) is 53.4 Å². The van der Waals surface area contributed by atoms with Gasteiger partial charge in [0.1, 0.15) is 0 Å². The highest BCUT2D eigenvalue weighted by Gasteiger charge is 2.31. The number of piperidine rings is 1. The molecule has 0 aromatic heterocycles. The van der Waals surface area contributed by atoms with E-state index < -0.39 is 38.1 Å². The van der Waals surface area contributed by atoms with Gasteiger partial charge in [-0.15, -0.1) is 0 Å². The molecule has 11 heteroatoms. The first-order valence-corrected chi connectivity index (χ1v) is 11.4. The summed E-state index contributed by atoms with van der Waals surface area (Å²) < 4.78 is 86.6. The van der Waals surface area contributed by atoms with Crippen molar-refractivity contribution < 1.29 is 35.2 Å². The van der Waals surface area contributed by atoms with E-state index in [1.165, 1.54) is 24.3 Å². The Bertz CT molecular complexity index is 1040. The normalized spacial score (nSPS) is 18.0. The molecule has 0 spiro atoms. The number of carbonyl (C=O) groups is 1. The van der Waals surface area contributed by atoms with Crippen LogP contribution in [0.4, 0.5) is 27.6 Å². The lowest BCUT2D eigenvalue weighted by atomic mass is 9.94. The molecule has 1 fully saturated rings. The Labute approximate surface area is 182 Å². The van der Waals surface area contributed by atoms with Crippen LogP contribution < -0.4 is 5.32 Å². The first-order valence-electron chi connectivity index (χ1n) is 9.81. The number of carbonyl (C=O) groups excluding carboxylic acids is 1. The Morgan fingerprint density at radius 3 is 2.22 bits per heavy atom. The lowest BCUT2D eigenvalue weighted by molar-refractivity contribution is -0.137. The van der Waals surface area contributed by atoms with E-state index in [4.69, 9.17) is 0 Å². The van der Waals surface area contributed by atoms with Crippen molar-refractivity contribution >= 4 is 21.4 Å². The molecule has 1 saturated heterocycles. The Kier molecular flexibility index (Phi) is 7.19. The van der Waals surface area contributed by atoms with Gasteiger partial charge in [-0.05, 0) is 61.3 Å². The zero-order chi connectivity index (χ0) is 23.5. The molecule has 1 aliphatic heterocycles. The standard InChI is InChI=1S/C21H21F5N2O3S/c22-20(23)32(30,31)17-10-8-16(9-11-17)27-19(29)13-28-12-2-1-3-18(28)14-4-6-15(7-5-14)21(24,25)26/h4-11,18,20H,1-3,12-13H2,(H,27,29). The van der Waals surface area contributed by atoms with Gasteiger partial charge in [0.25, 0.3) is 0 Å². The van der Waals surface area contributed by atoms with E-state index in [1.54, 1.807) is 0 Å². The van der Waals surface area contributed by atoms with Crippen LogP contribution >= 0.6 is 0 Å². The van der Waals surface area contributed by atoms with Gasteiger partial charge in [0.05, 0.1) is 17.0 Å². The van der Waals surface area contributed by atoms with Crippen molar-refractivity contribution in [2.24, 2.45) is 0 Å². The van der Waals surface area contributed by atoms with E-state index in [-0.39, 0.29) is 18.3 Å². The second kappa shape index (κ2) is 9.53. The summed E-state index contributed by atoms with van der Waals surface area (Å²) >= 11 is 0. The van der Waals surface area contributed by atoms with Crippen molar-refractivity contribution in [3.8, 4) is 0 Å². The summed E-state index contributed by atoms with van der Waals surface area (Å²) in [6.45, 7) is 0.563. The second-order valence-electron chi connectivity index (χ2n) is 7.48. The summed E-state index contributed by atoms with van der Waals surface area (Å²) in [5.41, 5.74) is 0.192. The minimum atomic E-state index is -4.72. The van der Waals surface area contributed by atoms with Gasteiger partial charge < -0.3 is 5.32 Å². The molecule has 1 aliphatic rings. The minimum absolute atomic E-state index is 0.0250. The summed E-state index contributed by atoms with van der Waals surface area (Å²) in [6, 6.07) is 9.10. The fraction of sp³-hybridized carbons (Fsp3) is 0.381. The van der Waals surface area contributed by atoms with Crippen molar-refractivity contribution in [2.75, 3.05) is 18.4 Å². The molecule has 1 heterocycles. The molecule has 0 aliphatic carbocycles. The average Bonchev–Trinajstić information content (AvgIpc) is 2.74. The third kappa shape index (κ3) is 5.63. The first kappa shape index (κ1) is 24.1. The lowest BCUT2D eigenvalue weighted by Crippen LogP contribution is -2.39. The highest BCUT2D eigenvalue weighted by molar-refractivity contribution is 7.91. The monoisotopic (exact) mass is 476 g/mol. The maximum Gasteiger partial charge on any atom is 0.416 e. The lowest BCUT2D eigenvalue weighted by Gasteiger charge is -2.35. The highest BCUT2D eigenvalue weighted by Crippen LogP contribution is 2.34. The van der Waals surface area contributed by atoms with Crippen LogP contribution in [0.3, 0.4) is 0 Å². The van der Waals surface area contributed by atoms with Crippen molar-refractivity contribution in [3.63, 3.8) is 0 Å². The maximum atomic E-state index is 12.8. The number of sulfone groups is 1. The fourth-order valence-corrected chi connectivity index (χ4v) is 4.39. The van der Waals surface area contributed by atoms with Gasteiger partial charge in [-0.25, -0.2) is 8.42 Å². The number of nitrogens with zero attached hydrogens (tertiary/aromatic N) is 1. The van der Waals surface area contributed by atoms with Crippen LogP contribution in [-0.4, -0.2) is 38.1 Å². The van der Waals surface area contributed by atoms with E-state index >= 15 is 0 Å². The number of hydrogen-bond donors (Lipinski definition) is 1. The topological polar surface area (TPSA) is 66.5 Å². The molecule has 1 N–H and O–H groups in total. The third-order valence-corrected chi connectivity index (χ3v) is 6.68. The molecule has 2 aromatic rings. The van der Waals surface area contributed by atoms with Gasteiger partial charge in [-0.2, -0.15) is 22.0 Å². The largest absolute Gasteiger partial charge is 0.416 e. The molecule has 32 heavy (non-hydrogen) atoms. The molecule has 5 nitrogen and oxygen atoms in total. The van der Waals surface area contributed by atoms with Gasteiger partial charge in [-0.1, -0.05) is 18.6 Å². The number of hydrogen-bond acceptors (Lipinski definition) is 4. The Morgan fingerprint density at radius 1 is 1.03 bits per heavy atom. The van der Waals surface area contributed by atoms with Crippen LogP contribution in [-0.2, 0) is 20.8 Å². The van der Waals surface area contributed by atoms with Crippen molar-refractivity contribution in [3.05, 3.63) is 59.7 Å². The predicted molar refractivity (Wildman–Crippen MR) is 108 cm³/mol. The highest BCUT2D eigenvalue weighted by atomic mass is 32.2. The van der Waals surface area contributed by atoms with Crippen molar-refractivity contribution in [1.82, 2.24) is 4.90 Å². The molecule has 0 radical (unpaired) electrons. The smallest absolute Gasteiger partial charge is 0.325 e. The van der Waals surface area contributed by atoms with Gasteiger partial charge in [0, 0.05) is 11.7 Å². The summed E-state index contributed by atoms with van der Waals surface area (Å²) in [6.07, 6.45) is -2.01. The molecule has 2 aromatic carbocycles. The minimum Gasteiger partial charge on any atom is -0.325 e. The molecule has 1 amide bonds. The molecule has 1 unspecified atom stereocenters. The van der Waals surface area contributed by atoms with E-state index in [1.807, 2.05) is 4.90 Å². The molecule has 0 bridgehead atoms. The van der Waals surface area contributed by atoms with Crippen LogP contribution in [0.25, 0.3) is 0 Å². The number of nitrogens with one attached hydrogen (secondary N) is 1.